The first-order valence-electron chi connectivity index (χ1n) is 6.01. The van der Waals surface area contributed by atoms with E-state index < -0.39 is 0 Å². The molecule has 0 saturated heterocycles. The monoisotopic (exact) mass is 222 g/mol. The molecule has 90 valence electrons. The van der Waals surface area contributed by atoms with Gasteiger partial charge in [0.05, 0.1) is 5.69 Å². The SMILES string of the molecule is CCC(CC)CNc1ccc(CNC)nn1. The minimum absolute atomic E-state index is 0.721. The molecule has 0 radical (unpaired) electrons. The third-order valence-corrected chi connectivity index (χ3v) is 2.80. The molecule has 0 fully saturated rings. The van der Waals surface area contributed by atoms with Gasteiger partial charge in [0.15, 0.2) is 0 Å². The van der Waals surface area contributed by atoms with E-state index in [0.29, 0.717) is 0 Å². The van der Waals surface area contributed by atoms with Crippen LogP contribution in [0.25, 0.3) is 0 Å². The Morgan fingerprint density at radius 3 is 2.44 bits per heavy atom. The predicted molar refractivity (Wildman–Crippen MR) is 67.4 cm³/mol. The highest BCUT2D eigenvalue weighted by Gasteiger charge is 2.03. The van der Waals surface area contributed by atoms with Crippen molar-refractivity contribution in [3.8, 4) is 0 Å². The number of nitrogens with zero attached hydrogens (tertiary/aromatic N) is 2. The van der Waals surface area contributed by atoms with Gasteiger partial charge in [0.25, 0.3) is 0 Å². The van der Waals surface area contributed by atoms with E-state index in [2.05, 4.69) is 34.7 Å². The number of nitrogens with one attached hydrogen (secondary N) is 2. The van der Waals surface area contributed by atoms with Crippen LogP contribution in [0, 0.1) is 5.92 Å². The van der Waals surface area contributed by atoms with E-state index in [9.17, 15) is 0 Å². The van der Waals surface area contributed by atoms with E-state index in [-0.39, 0.29) is 0 Å². The molecule has 0 aliphatic heterocycles. The van der Waals surface area contributed by atoms with Crippen molar-refractivity contribution in [2.45, 2.75) is 33.2 Å². The lowest BCUT2D eigenvalue weighted by Gasteiger charge is -2.13. The normalized spacial score (nSPS) is 10.8. The maximum absolute atomic E-state index is 4.14. The van der Waals surface area contributed by atoms with Gasteiger partial charge in [0, 0.05) is 13.1 Å². The Hall–Kier alpha value is -1.16. The predicted octanol–water partition coefficient (Wildman–Crippen LogP) is 2.04. The molecule has 1 aromatic heterocycles. The van der Waals surface area contributed by atoms with Crippen molar-refractivity contribution >= 4 is 5.82 Å². The zero-order valence-electron chi connectivity index (χ0n) is 10.5. The first-order chi connectivity index (χ1) is 7.80. The van der Waals surface area contributed by atoms with E-state index >= 15 is 0 Å². The zero-order chi connectivity index (χ0) is 11.8. The molecule has 0 amide bonds. The van der Waals surface area contributed by atoms with Crippen LogP contribution in [-0.4, -0.2) is 23.8 Å². The molecule has 0 spiro atoms. The summed E-state index contributed by atoms with van der Waals surface area (Å²) in [6, 6.07) is 3.99. The number of anilines is 1. The molecule has 0 saturated carbocycles. The molecule has 0 aliphatic rings. The molecule has 0 atom stereocenters. The Morgan fingerprint density at radius 1 is 1.19 bits per heavy atom. The summed E-state index contributed by atoms with van der Waals surface area (Å²) in [6.45, 7) is 6.18. The summed E-state index contributed by atoms with van der Waals surface area (Å²) in [5.41, 5.74) is 0.968. The van der Waals surface area contributed by atoms with Crippen LogP contribution >= 0.6 is 0 Å². The lowest BCUT2D eigenvalue weighted by atomic mass is 10.0. The number of aromatic nitrogens is 2. The summed E-state index contributed by atoms with van der Waals surface area (Å²) in [5.74, 6) is 1.59. The number of hydrogen-bond acceptors (Lipinski definition) is 4. The molecule has 0 unspecified atom stereocenters. The van der Waals surface area contributed by atoms with E-state index in [0.717, 1.165) is 30.5 Å². The van der Waals surface area contributed by atoms with Gasteiger partial charge in [0.1, 0.15) is 5.82 Å². The summed E-state index contributed by atoms with van der Waals surface area (Å²) < 4.78 is 0. The highest BCUT2D eigenvalue weighted by molar-refractivity contribution is 5.32. The average molecular weight is 222 g/mol. The van der Waals surface area contributed by atoms with Crippen molar-refractivity contribution in [1.82, 2.24) is 15.5 Å². The van der Waals surface area contributed by atoms with E-state index in [1.165, 1.54) is 12.8 Å². The van der Waals surface area contributed by atoms with Crippen molar-refractivity contribution in [3.05, 3.63) is 17.8 Å². The van der Waals surface area contributed by atoms with Crippen LogP contribution in [0.2, 0.25) is 0 Å². The van der Waals surface area contributed by atoms with E-state index in [4.69, 9.17) is 0 Å². The summed E-state index contributed by atoms with van der Waals surface area (Å²) in [7, 11) is 1.90. The third kappa shape index (κ3) is 4.14. The largest absolute Gasteiger partial charge is 0.368 e. The van der Waals surface area contributed by atoms with E-state index in [1.807, 2.05) is 19.2 Å². The van der Waals surface area contributed by atoms with Crippen molar-refractivity contribution in [2.75, 3.05) is 18.9 Å². The summed E-state index contributed by atoms with van der Waals surface area (Å²) >= 11 is 0. The van der Waals surface area contributed by atoms with Crippen molar-refractivity contribution in [3.63, 3.8) is 0 Å². The molecule has 1 aromatic rings. The van der Waals surface area contributed by atoms with Gasteiger partial charge in [-0.25, -0.2) is 0 Å². The molecule has 1 heterocycles. The third-order valence-electron chi connectivity index (χ3n) is 2.80. The summed E-state index contributed by atoms with van der Waals surface area (Å²) in [6.07, 6.45) is 2.41. The molecule has 4 heteroatoms. The molecular formula is C12H22N4. The Labute approximate surface area is 97.9 Å². The molecule has 4 nitrogen and oxygen atoms in total. The fraction of sp³-hybridized carbons (Fsp3) is 0.667. The standard InChI is InChI=1S/C12H22N4/c1-4-10(5-2)8-14-12-7-6-11(9-13-3)15-16-12/h6-7,10,13H,4-5,8-9H2,1-3H3,(H,14,16). The highest BCUT2D eigenvalue weighted by atomic mass is 15.2. The fourth-order valence-electron chi connectivity index (χ4n) is 1.56. The van der Waals surface area contributed by atoms with Gasteiger partial charge in [-0.15, -0.1) is 5.10 Å². The van der Waals surface area contributed by atoms with Crippen molar-refractivity contribution < 1.29 is 0 Å². The topological polar surface area (TPSA) is 49.8 Å². The Balaban J connectivity index is 2.42. The summed E-state index contributed by atoms with van der Waals surface area (Å²) in [5, 5.41) is 14.6. The average Bonchev–Trinajstić information content (AvgIpc) is 2.33. The smallest absolute Gasteiger partial charge is 0.148 e. The van der Waals surface area contributed by atoms with Gasteiger partial charge < -0.3 is 10.6 Å². The fourth-order valence-corrected chi connectivity index (χ4v) is 1.56. The Morgan fingerprint density at radius 2 is 1.94 bits per heavy atom. The number of rotatable bonds is 7. The van der Waals surface area contributed by atoms with Gasteiger partial charge >= 0.3 is 0 Å². The molecule has 0 aliphatic carbocycles. The van der Waals surface area contributed by atoms with Crippen LogP contribution in [-0.2, 0) is 6.54 Å². The maximum atomic E-state index is 4.14. The van der Waals surface area contributed by atoms with Gasteiger partial charge in [-0.3, -0.25) is 0 Å². The second-order valence-corrected chi connectivity index (χ2v) is 4.00. The lowest BCUT2D eigenvalue weighted by molar-refractivity contribution is 0.518. The summed E-state index contributed by atoms with van der Waals surface area (Å²) in [4.78, 5) is 0. The molecule has 16 heavy (non-hydrogen) atoms. The van der Waals surface area contributed by atoms with Crippen LogP contribution in [0.3, 0.4) is 0 Å². The highest BCUT2D eigenvalue weighted by Crippen LogP contribution is 2.09. The minimum atomic E-state index is 0.721. The van der Waals surface area contributed by atoms with Crippen LogP contribution in [0.4, 0.5) is 5.82 Å². The minimum Gasteiger partial charge on any atom is -0.368 e. The molecule has 0 aromatic carbocycles. The number of hydrogen-bond donors (Lipinski definition) is 2. The molecule has 0 bridgehead atoms. The first-order valence-corrected chi connectivity index (χ1v) is 6.01. The Bertz CT molecular complexity index is 280. The second kappa shape index (κ2) is 7.17. The van der Waals surface area contributed by atoms with Crippen LogP contribution in [0.1, 0.15) is 32.4 Å². The maximum Gasteiger partial charge on any atom is 0.148 e. The quantitative estimate of drug-likeness (QED) is 0.741. The molecule has 1 rings (SSSR count). The second-order valence-electron chi connectivity index (χ2n) is 4.00. The van der Waals surface area contributed by atoms with E-state index in [1.54, 1.807) is 0 Å². The van der Waals surface area contributed by atoms with Crippen molar-refractivity contribution in [2.24, 2.45) is 5.92 Å². The Kier molecular flexibility index (Phi) is 5.78. The van der Waals surface area contributed by atoms with Crippen LogP contribution in [0.5, 0.6) is 0 Å². The van der Waals surface area contributed by atoms with Crippen LogP contribution < -0.4 is 10.6 Å². The van der Waals surface area contributed by atoms with Gasteiger partial charge in [-0.2, -0.15) is 5.10 Å². The van der Waals surface area contributed by atoms with Gasteiger partial charge in [0.2, 0.25) is 0 Å². The van der Waals surface area contributed by atoms with Gasteiger partial charge in [-0.05, 0) is 25.1 Å². The lowest BCUT2D eigenvalue weighted by Crippen LogP contribution is -2.14. The van der Waals surface area contributed by atoms with Crippen LogP contribution in [0.15, 0.2) is 12.1 Å². The van der Waals surface area contributed by atoms with Gasteiger partial charge in [-0.1, -0.05) is 26.7 Å². The van der Waals surface area contributed by atoms with Crippen molar-refractivity contribution in [1.29, 1.82) is 0 Å². The first kappa shape index (κ1) is 12.9. The molecular weight excluding hydrogens is 200 g/mol. The zero-order valence-corrected chi connectivity index (χ0v) is 10.5. The molecule has 2 N–H and O–H groups in total.